The van der Waals surface area contributed by atoms with E-state index in [4.69, 9.17) is 0 Å². The second-order valence-corrected chi connectivity index (χ2v) is 11.1. The minimum absolute atomic E-state index is 0.0799. The average molecular weight is 631 g/mol. The summed E-state index contributed by atoms with van der Waals surface area (Å²) < 4.78 is 79.4. The lowest BCUT2D eigenvalue weighted by Crippen LogP contribution is -2.14. The summed E-state index contributed by atoms with van der Waals surface area (Å²) in [6.45, 7) is 0. The van der Waals surface area contributed by atoms with Gasteiger partial charge >= 0.3 is 0 Å². The van der Waals surface area contributed by atoms with Gasteiger partial charge in [-0.3, -0.25) is 9.59 Å². The summed E-state index contributed by atoms with van der Waals surface area (Å²) in [5, 5.41) is 23.5. The predicted octanol–water partition coefficient (Wildman–Crippen LogP) is 6.17. The molecule has 13 heteroatoms. The number of hydrogen-bond acceptors (Lipinski definition) is 6. The number of hydrogen-bond donors (Lipinski definition) is 2. The molecule has 4 rings (SSSR count). The van der Waals surface area contributed by atoms with Gasteiger partial charge in [0.15, 0.2) is 23.3 Å². The summed E-state index contributed by atoms with van der Waals surface area (Å²) in [7, 11) is -4.05. The lowest BCUT2D eigenvalue weighted by molar-refractivity contribution is -0.113. The molecule has 8 nitrogen and oxygen atoms in total. The molecule has 4 aromatic rings. The van der Waals surface area contributed by atoms with Crippen molar-refractivity contribution in [3.63, 3.8) is 0 Å². The number of rotatable bonds is 8. The van der Waals surface area contributed by atoms with Crippen molar-refractivity contribution in [1.29, 1.82) is 10.5 Å². The van der Waals surface area contributed by atoms with E-state index in [9.17, 15) is 46.1 Å². The Hall–Kier alpha value is -6.05. The number of carbonyl (C=O) groups is 2. The van der Waals surface area contributed by atoms with Crippen LogP contribution in [0.1, 0.15) is 11.1 Å². The van der Waals surface area contributed by atoms with Crippen molar-refractivity contribution < 1.29 is 35.6 Å². The van der Waals surface area contributed by atoms with Gasteiger partial charge in [0.1, 0.15) is 23.3 Å². The van der Waals surface area contributed by atoms with Crippen molar-refractivity contribution in [3.05, 3.63) is 130 Å². The summed E-state index contributed by atoms with van der Waals surface area (Å²) in [6.07, 6.45) is 2.12. The molecule has 0 unspecified atom stereocenters. The number of benzene rings is 4. The molecule has 0 heterocycles. The van der Waals surface area contributed by atoms with E-state index >= 15 is 0 Å². The highest BCUT2D eigenvalue weighted by molar-refractivity contribution is 7.91. The summed E-state index contributed by atoms with van der Waals surface area (Å²) in [5.41, 5.74) is -0.368. The first kappa shape index (κ1) is 31.9. The summed E-state index contributed by atoms with van der Waals surface area (Å²) >= 11 is 0. The lowest BCUT2D eigenvalue weighted by Gasteiger charge is -2.09. The molecule has 0 aliphatic carbocycles. The van der Waals surface area contributed by atoms with Crippen LogP contribution in [0.2, 0.25) is 0 Å². The summed E-state index contributed by atoms with van der Waals surface area (Å²) in [4.78, 5) is 24.8. The van der Waals surface area contributed by atoms with E-state index in [1.54, 1.807) is 12.1 Å². The van der Waals surface area contributed by atoms with Crippen molar-refractivity contribution in [3.8, 4) is 12.1 Å². The molecule has 0 aliphatic rings. The Morgan fingerprint density at radius 3 is 1.24 bits per heavy atom. The molecule has 2 amide bonds. The zero-order valence-corrected chi connectivity index (χ0v) is 23.5. The van der Waals surface area contributed by atoms with Gasteiger partial charge in [0.05, 0.1) is 9.79 Å². The second-order valence-electron chi connectivity index (χ2n) is 9.15. The lowest BCUT2D eigenvalue weighted by atomic mass is 10.1. The van der Waals surface area contributed by atoms with E-state index < -0.39 is 56.1 Å². The van der Waals surface area contributed by atoms with Gasteiger partial charge in [0.2, 0.25) is 9.84 Å². The molecule has 2 N–H and O–H groups in total. The molecule has 0 saturated carbocycles. The Bertz CT molecular complexity index is 1920. The topological polar surface area (TPSA) is 140 Å². The largest absolute Gasteiger partial charge is 0.321 e. The number of sulfone groups is 1. The quantitative estimate of drug-likeness (QED) is 0.136. The predicted molar refractivity (Wildman–Crippen MR) is 155 cm³/mol. The Kier molecular flexibility index (Phi) is 9.56. The maximum atomic E-state index is 13.5. The Morgan fingerprint density at radius 2 is 0.933 bits per heavy atom. The number of nitrogens with zero attached hydrogens (tertiary/aromatic N) is 2. The van der Waals surface area contributed by atoms with Crippen molar-refractivity contribution in [1.82, 2.24) is 0 Å². The number of nitriles is 2. The highest BCUT2D eigenvalue weighted by Crippen LogP contribution is 2.24. The van der Waals surface area contributed by atoms with E-state index in [1.165, 1.54) is 60.7 Å². The van der Waals surface area contributed by atoms with E-state index in [2.05, 4.69) is 10.6 Å². The van der Waals surface area contributed by atoms with Gasteiger partial charge in [-0.15, -0.1) is 0 Å². The minimum atomic E-state index is -4.05. The van der Waals surface area contributed by atoms with Gasteiger partial charge in [-0.1, -0.05) is 12.1 Å². The van der Waals surface area contributed by atoms with Gasteiger partial charge in [-0.25, -0.2) is 26.0 Å². The van der Waals surface area contributed by atoms with Gasteiger partial charge in [-0.05, 0) is 96.1 Å². The first-order chi connectivity index (χ1) is 21.4. The standard InChI is InChI=1S/C32H18F4N4O4S/c33-27-11-1-19(15-29(27)35)13-21(17-37)31(41)39-23-3-7-25(8-4-23)45(43,44)26-9-5-24(6-10-26)40-32(42)22(18-38)14-20-2-12-28(34)30(36)16-20/h1-16H,(H,39,41)(H,40,42). The van der Waals surface area contributed by atoms with Crippen molar-refractivity contribution >= 4 is 45.2 Å². The van der Waals surface area contributed by atoms with Crippen molar-refractivity contribution in [2.24, 2.45) is 0 Å². The van der Waals surface area contributed by atoms with E-state index in [-0.39, 0.29) is 32.3 Å². The molecule has 224 valence electrons. The van der Waals surface area contributed by atoms with Crippen molar-refractivity contribution in [2.75, 3.05) is 10.6 Å². The second kappa shape index (κ2) is 13.5. The fourth-order valence-corrected chi connectivity index (χ4v) is 5.06. The molecule has 0 saturated heterocycles. The fourth-order valence-electron chi connectivity index (χ4n) is 3.80. The van der Waals surface area contributed by atoms with E-state index in [0.29, 0.717) is 0 Å². The maximum Gasteiger partial charge on any atom is 0.266 e. The van der Waals surface area contributed by atoms with Gasteiger partial charge < -0.3 is 10.6 Å². The Morgan fingerprint density at radius 1 is 0.578 bits per heavy atom. The van der Waals surface area contributed by atoms with Crippen LogP contribution in [0.15, 0.2) is 106 Å². The van der Waals surface area contributed by atoms with Gasteiger partial charge in [0, 0.05) is 11.4 Å². The highest BCUT2D eigenvalue weighted by atomic mass is 32.2. The SMILES string of the molecule is N#CC(=Cc1ccc(F)c(F)c1)C(=O)Nc1ccc(S(=O)(=O)c2ccc(NC(=O)C(C#N)=Cc3ccc(F)c(F)c3)cc2)cc1. The first-order valence-electron chi connectivity index (χ1n) is 12.6. The van der Waals surface area contributed by atoms with Crippen LogP contribution in [-0.2, 0) is 19.4 Å². The van der Waals surface area contributed by atoms with Gasteiger partial charge in [-0.2, -0.15) is 10.5 Å². The monoisotopic (exact) mass is 630 g/mol. The zero-order valence-electron chi connectivity index (χ0n) is 22.7. The number of halogens is 4. The van der Waals surface area contributed by atoms with Crippen LogP contribution >= 0.6 is 0 Å². The van der Waals surface area contributed by atoms with Crippen LogP contribution in [0.3, 0.4) is 0 Å². The molecule has 0 radical (unpaired) electrons. The van der Waals surface area contributed by atoms with Crippen LogP contribution in [0.25, 0.3) is 12.2 Å². The zero-order chi connectivity index (χ0) is 32.7. The molecular formula is C32H18F4N4O4S. The molecule has 0 fully saturated rings. The Balaban J connectivity index is 1.44. The number of amides is 2. The normalized spacial score (nSPS) is 11.7. The van der Waals surface area contributed by atoms with E-state index in [0.717, 1.165) is 36.4 Å². The molecule has 45 heavy (non-hydrogen) atoms. The third-order valence-electron chi connectivity index (χ3n) is 6.08. The molecule has 0 aliphatic heterocycles. The molecular weight excluding hydrogens is 612 g/mol. The minimum Gasteiger partial charge on any atom is -0.321 e. The molecule has 4 aromatic carbocycles. The van der Waals surface area contributed by atoms with Crippen molar-refractivity contribution in [2.45, 2.75) is 9.79 Å². The fraction of sp³-hybridized carbons (Fsp3) is 0. The summed E-state index contributed by atoms with van der Waals surface area (Å²) in [6, 6.07) is 19.0. The number of anilines is 2. The third kappa shape index (κ3) is 7.67. The van der Waals surface area contributed by atoms with Crippen LogP contribution < -0.4 is 10.6 Å². The highest BCUT2D eigenvalue weighted by Gasteiger charge is 2.19. The number of nitrogens with one attached hydrogen (secondary N) is 2. The van der Waals surface area contributed by atoms with Crippen LogP contribution in [0, 0.1) is 45.9 Å². The summed E-state index contributed by atoms with van der Waals surface area (Å²) in [5.74, 6) is -6.21. The molecule has 0 aromatic heterocycles. The molecule has 0 bridgehead atoms. The maximum absolute atomic E-state index is 13.5. The number of carbonyl (C=O) groups excluding carboxylic acids is 2. The third-order valence-corrected chi connectivity index (χ3v) is 7.87. The van der Waals surface area contributed by atoms with Crippen LogP contribution in [-0.4, -0.2) is 20.2 Å². The van der Waals surface area contributed by atoms with Gasteiger partial charge in [0.25, 0.3) is 11.8 Å². The first-order valence-corrected chi connectivity index (χ1v) is 14.1. The smallest absolute Gasteiger partial charge is 0.266 e. The van der Waals surface area contributed by atoms with Crippen LogP contribution in [0.4, 0.5) is 28.9 Å². The molecule has 0 spiro atoms. The van der Waals surface area contributed by atoms with Crippen LogP contribution in [0.5, 0.6) is 0 Å². The Labute approximate surface area is 254 Å². The van der Waals surface area contributed by atoms with E-state index in [1.807, 2.05) is 0 Å². The average Bonchev–Trinajstić information content (AvgIpc) is 3.02. The molecule has 0 atom stereocenters.